The summed E-state index contributed by atoms with van der Waals surface area (Å²) in [4.78, 5) is 0. The van der Waals surface area contributed by atoms with Crippen LogP contribution in [0.2, 0.25) is 0 Å². The van der Waals surface area contributed by atoms with Gasteiger partial charge in [0.1, 0.15) is 17.2 Å². The van der Waals surface area contributed by atoms with Crippen LogP contribution in [0.25, 0.3) is 5.57 Å². The lowest BCUT2D eigenvalue weighted by Gasteiger charge is -2.35. The zero-order valence-corrected chi connectivity index (χ0v) is 11.2. The largest absolute Gasteiger partial charge is 0.492 e. The highest BCUT2D eigenvalue weighted by Crippen LogP contribution is 2.35. The van der Waals surface area contributed by atoms with Crippen molar-refractivity contribution < 1.29 is 18.3 Å². The van der Waals surface area contributed by atoms with E-state index in [-0.39, 0.29) is 5.60 Å². The SMILES string of the molecule is CCC1(COC)CCC(c2ccc(F)cc2F)=CO1. The predicted octanol–water partition coefficient (Wildman–Crippen LogP) is 3.91. The van der Waals surface area contributed by atoms with Crippen LogP contribution in [0, 0.1) is 11.6 Å². The average Bonchev–Trinajstić information content (AvgIpc) is 2.40. The second-order valence-electron chi connectivity index (χ2n) is 4.85. The second-order valence-corrected chi connectivity index (χ2v) is 4.85. The third-order valence-electron chi connectivity index (χ3n) is 3.63. The van der Waals surface area contributed by atoms with Crippen molar-refractivity contribution >= 4 is 5.57 Å². The Balaban J connectivity index is 2.20. The van der Waals surface area contributed by atoms with Gasteiger partial charge in [0.15, 0.2) is 0 Å². The number of ether oxygens (including phenoxy) is 2. The molecular weight excluding hydrogens is 250 g/mol. The Morgan fingerprint density at radius 1 is 1.37 bits per heavy atom. The van der Waals surface area contributed by atoms with Crippen LogP contribution in [-0.4, -0.2) is 19.3 Å². The van der Waals surface area contributed by atoms with Gasteiger partial charge in [0.05, 0.1) is 12.9 Å². The molecule has 0 aromatic heterocycles. The first-order valence-electron chi connectivity index (χ1n) is 6.41. The topological polar surface area (TPSA) is 18.5 Å². The highest BCUT2D eigenvalue weighted by molar-refractivity contribution is 5.65. The maximum absolute atomic E-state index is 13.7. The number of methoxy groups -OCH3 is 1. The van der Waals surface area contributed by atoms with Crippen LogP contribution >= 0.6 is 0 Å². The van der Waals surface area contributed by atoms with Crippen LogP contribution in [0.3, 0.4) is 0 Å². The van der Waals surface area contributed by atoms with Gasteiger partial charge in [-0.25, -0.2) is 8.78 Å². The Hall–Kier alpha value is -1.42. The zero-order valence-electron chi connectivity index (χ0n) is 11.2. The minimum Gasteiger partial charge on any atom is -0.492 e. The fourth-order valence-electron chi connectivity index (χ4n) is 2.36. The summed E-state index contributed by atoms with van der Waals surface area (Å²) in [5.74, 6) is -1.12. The molecule has 1 unspecified atom stereocenters. The van der Waals surface area contributed by atoms with Crippen LogP contribution in [0.15, 0.2) is 24.5 Å². The van der Waals surface area contributed by atoms with E-state index in [0.29, 0.717) is 18.6 Å². The fourth-order valence-corrected chi connectivity index (χ4v) is 2.36. The lowest BCUT2D eigenvalue weighted by atomic mass is 9.88. The fraction of sp³-hybridized carbons (Fsp3) is 0.467. The number of rotatable bonds is 4. The molecule has 0 aliphatic carbocycles. The molecule has 1 aliphatic rings. The van der Waals surface area contributed by atoms with Crippen molar-refractivity contribution in [1.29, 1.82) is 0 Å². The van der Waals surface area contributed by atoms with E-state index in [1.165, 1.54) is 12.1 Å². The van der Waals surface area contributed by atoms with Gasteiger partial charge in [0, 0.05) is 18.7 Å². The Labute approximate surface area is 112 Å². The third-order valence-corrected chi connectivity index (χ3v) is 3.63. The van der Waals surface area contributed by atoms with E-state index >= 15 is 0 Å². The average molecular weight is 268 g/mol. The molecule has 19 heavy (non-hydrogen) atoms. The summed E-state index contributed by atoms with van der Waals surface area (Å²) in [7, 11) is 1.64. The minimum atomic E-state index is -0.569. The molecule has 1 aromatic carbocycles. The molecule has 0 bridgehead atoms. The summed E-state index contributed by atoms with van der Waals surface area (Å²) >= 11 is 0. The lowest BCUT2D eigenvalue weighted by molar-refractivity contribution is -0.0545. The number of hydrogen-bond acceptors (Lipinski definition) is 2. The molecule has 0 spiro atoms. The lowest BCUT2D eigenvalue weighted by Crippen LogP contribution is -2.37. The quantitative estimate of drug-likeness (QED) is 0.824. The molecule has 2 rings (SSSR count). The molecular formula is C15H18F2O2. The van der Waals surface area contributed by atoms with Gasteiger partial charge in [-0.15, -0.1) is 0 Å². The first-order valence-corrected chi connectivity index (χ1v) is 6.41. The molecule has 0 amide bonds. The maximum Gasteiger partial charge on any atom is 0.133 e. The summed E-state index contributed by atoms with van der Waals surface area (Å²) in [6.07, 6.45) is 3.87. The smallest absolute Gasteiger partial charge is 0.133 e. The van der Waals surface area contributed by atoms with Gasteiger partial charge in [-0.2, -0.15) is 0 Å². The van der Waals surface area contributed by atoms with Crippen molar-refractivity contribution in [1.82, 2.24) is 0 Å². The Kier molecular flexibility index (Phi) is 4.20. The van der Waals surface area contributed by atoms with E-state index in [0.717, 1.165) is 24.5 Å². The molecule has 0 saturated carbocycles. The van der Waals surface area contributed by atoms with Gasteiger partial charge in [-0.05, 0) is 37.0 Å². The van der Waals surface area contributed by atoms with Crippen molar-refractivity contribution in [3.8, 4) is 0 Å². The normalized spacial score (nSPS) is 22.8. The monoisotopic (exact) mass is 268 g/mol. The first kappa shape index (κ1) is 14.0. The van der Waals surface area contributed by atoms with Gasteiger partial charge in [-0.3, -0.25) is 0 Å². The third kappa shape index (κ3) is 2.95. The molecule has 1 heterocycles. The van der Waals surface area contributed by atoms with E-state index in [1.54, 1.807) is 13.4 Å². The van der Waals surface area contributed by atoms with Crippen molar-refractivity contribution in [3.05, 3.63) is 41.7 Å². The van der Waals surface area contributed by atoms with Crippen molar-refractivity contribution in [2.75, 3.05) is 13.7 Å². The number of benzene rings is 1. The maximum atomic E-state index is 13.7. The summed E-state index contributed by atoms with van der Waals surface area (Å²) in [6, 6.07) is 3.61. The van der Waals surface area contributed by atoms with E-state index in [4.69, 9.17) is 9.47 Å². The Morgan fingerprint density at radius 3 is 2.68 bits per heavy atom. The van der Waals surface area contributed by atoms with Crippen molar-refractivity contribution in [2.45, 2.75) is 31.8 Å². The van der Waals surface area contributed by atoms with Crippen LogP contribution in [0.1, 0.15) is 31.7 Å². The molecule has 1 aromatic rings. The summed E-state index contributed by atoms with van der Waals surface area (Å²) < 4.78 is 37.5. The summed E-state index contributed by atoms with van der Waals surface area (Å²) in [5.41, 5.74) is 0.843. The molecule has 0 radical (unpaired) electrons. The number of allylic oxidation sites excluding steroid dienone is 1. The van der Waals surface area contributed by atoms with Crippen LogP contribution in [0.4, 0.5) is 8.78 Å². The standard InChI is InChI=1S/C15H18F2O2/c1-3-15(10-18-2)7-6-11(9-19-15)13-5-4-12(16)8-14(13)17/h4-5,8-9H,3,6-7,10H2,1-2H3. The molecule has 1 aliphatic heterocycles. The number of halogens is 2. The van der Waals surface area contributed by atoms with Gasteiger partial charge >= 0.3 is 0 Å². The zero-order chi connectivity index (χ0) is 13.9. The van der Waals surface area contributed by atoms with Gasteiger partial charge < -0.3 is 9.47 Å². The van der Waals surface area contributed by atoms with Crippen molar-refractivity contribution in [3.63, 3.8) is 0 Å². The van der Waals surface area contributed by atoms with E-state index in [2.05, 4.69) is 0 Å². The van der Waals surface area contributed by atoms with Crippen LogP contribution in [0.5, 0.6) is 0 Å². The molecule has 0 N–H and O–H groups in total. The summed E-state index contributed by atoms with van der Waals surface area (Å²) in [6.45, 7) is 2.55. The minimum absolute atomic E-state index is 0.325. The van der Waals surface area contributed by atoms with Gasteiger partial charge in [0.2, 0.25) is 0 Å². The first-order chi connectivity index (χ1) is 9.10. The molecule has 0 fully saturated rings. The van der Waals surface area contributed by atoms with Crippen LogP contribution < -0.4 is 0 Å². The van der Waals surface area contributed by atoms with E-state index in [1.807, 2.05) is 6.92 Å². The van der Waals surface area contributed by atoms with Gasteiger partial charge in [0.25, 0.3) is 0 Å². The second kappa shape index (κ2) is 5.70. The molecule has 4 heteroatoms. The van der Waals surface area contributed by atoms with E-state index < -0.39 is 11.6 Å². The molecule has 1 atom stereocenters. The summed E-state index contributed by atoms with van der Waals surface area (Å²) in [5, 5.41) is 0. The Morgan fingerprint density at radius 2 is 2.16 bits per heavy atom. The molecule has 2 nitrogen and oxygen atoms in total. The Bertz CT molecular complexity index is 485. The molecule has 104 valence electrons. The highest BCUT2D eigenvalue weighted by atomic mass is 19.1. The predicted molar refractivity (Wildman–Crippen MR) is 69.6 cm³/mol. The van der Waals surface area contributed by atoms with Gasteiger partial charge in [-0.1, -0.05) is 6.92 Å². The highest BCUT2D eigenvalue weighted by Gasteiger charge is 2.33. The van der Waals surface area contributed by atoms with Crippen LogP contribution in [-0.2, 0) is 9.47 Å². The van der Waals surface area contributed by atoms with E-state index in [9.17, 15) is 8.78 Å². The van der Waals surface area contributed by atoms with Crippen molar-refractivity contribution in [2.24, 2.45) is 0 Å². The number of hydrogen-bond donors (Lipinski definition) is 0. The molecule has 0 saturated heterocycles.